The number of alkyl carbamates (subject to hydrolysis) is 2. The maximum Gasteiger partial charge on any atom is 0.408 e. The summed E-state index contributed by atoms with van der Waals surface area (Å²) in [5.41, 5.74) is 19.8. The maximum atomic E-state index is 12.7. The molecule has 3 aliphatic heterocycles. The monoisotopic (exact) mass is 1400 g/mol. The lowest BCUT2D eigenvalue weighted by Crippen LogP contribution is -2.47. The van der Waals surface area contributed by atoms with Crippen LogP contribution < -0.4 is 31.1 Å². The van der Waals surface area contributed by atoms with Crippen molar-refractivity contribution < 1.29 is 45.8 Å². The van der Waals surface area contributed by atoms with Crippen molar-refractivity contribution in [3.63, 3.8) is 0 Å². The second-order valence-electron chi connectivity index (χ2n) is 28.5. The number of rotatable bonds is 7. The summed E-state index contributed by atoms with van der Waals surface area (Å²) in [4.78, 5) is 41.5. The van der Waals surface area contributed by atoms with Crippen molar-refractivity contribution in [3.8, 4) is 0 Å². The average Bonchev–Trinajstić information content (AvgIpc) is 1.62. The molecule has 6 aliphatic rings. The summed E-state index contributed by atoms with van der Waals surface area (Å²) >= 11 is 3.63. The van der Waals surface area contributed by atoms with E-state index in [1.54, 1.807) is 18.2 Å². The lowest BCUT2D eigenvalue weighted by atomic mass is 9.72. The number of carbonyl (C=O) groups is 3. The number of hydrogen-bond acceptors (Lipinski definition) is 13. The molecule has 12 rings (SSSR count). The third-order valence-corrected chi connectivity index (χ3v) is 21.9. The lowest BCUT2D eigenvalue weighted by Gasteiger charge is -2.44. The zero-order chi connectivity index (χ0) is 66.8. The van der Waals surface area contributed by atoms with E-state index in [0.29, 0.717) is 9.79 Å². The van der Waals surface area contributed by atoms with Crippen LogP contribution in [0.2, 0.25) is 0 Å². The largest absolute Gasteiger partial charge is 0.483 e. The predicted molar refractivity (Wildman–Crippen MR) is 390 cm³/mol. The van der Waals surface area contributed by atoms with Gasteiger partial charge in [-0.15, -0.1) is 0 Å². The van der Waals surface area contributed by atoms with E-state index >= 15 is 0 Å². The van der Waals surface area contributed by atoms with Gasteiger partial charge in [0.2, 0.25) is 0 Å². The molecule has 0 saturated carbocycles. The zero-order valence-electron chi connectivity index (χ0n) is 55.3. The number of sulfone groups is 2. The van der Waals surface area contributed by atoms with Crippen LogP contribution in [0.3, 0.4) is 0 Å². The van der Waals surface area contributed by atoms with Gasteiger partial charge in [-0.3, -0.25) is 4.79 Å². The molecule has 5 N–H and O–H groups in total. The van der Waals surface area contributed by atoms with Crippen molar-refractivity contribution in [2.45, 2.75) is 181 Å². The number of hydrogen-bond donors (Lipinski definition) is 4. The SMILES string of the molecule is C.C.C.Cc1cc(Br)cc(N2CCC3(CC2)Cc2ccccc2[C@H]3NC(=O)OC(C)(C)C)c1.Cc1cc(N2CCC3(CC2)Cc2ccccc2[C@H]3N)cc(S(C)(=O)=O)c1.Cc1cc(N2CCC3(CC2)Cc2ccccc2[C@H]3NC(=O)OC(C)(C)C)cc(S(C)(=O)=O)c1.O=CO. The van der Waals surface area contributed by atoms with Crippen LogP contribution in [0.15, 0.2) is 142 Å². The molecule has 16 nitrogen and oxygen atoms in total. The molecule has 3 heterocycles. The molecule has 2 amide bonds. The number of nitrogens with one attached hydrogen (secondary N) is 2. The number of piperidine rings is 3. The van der Waals surface area contributed by atoms with Gasteiger partial charge in [0.15, 0.2) is 19.7 Å². The molecule has 19 heteroatoms. The minimum atomic E-state index is -3.27. The fraction of sp³-hybridized carbons (Fsp3) is 0.487. The van der Waals surface area contributed by atoms with Crippen molar-refractivity contribution >= 4 is 71.3 Å². The van der Waals surface area contributed by atoms with E-state index in [2.05, 4.69) is 139 Å². The first-order valence-corrected chi connectivity index (χ1v) is 36.5. The van der Waals surface area contributed by atoms with Crippen LogP contribution in [0, 0.1) is 37.0 Å². The van der Waals surface area contributed by atoms with Crippen LogP contribution >= 0.6 is 15.9 Å². The number of ether oxygens (including phenoxy) is 2. The van der Waals surface area contributed by atoms with Crippen LogP contribution in [-0.2, 0) is 53.2 Å². The highest BCUT2D eigenvalue weighted by molar-refractivity contribution is 9.10. The molecule has 518 valence electrons. The molecule has 6 aromatic carbocycles. The number of nitrogens with zero attached hydrogens (tertiary/aromatic N) is 3. The molecule has 0 aromatic heterocycles. The predicted octanol–water partition coefficient (Wildman–Crippen LogP) is 15.8. The molecular formula is C76H105BrN6O10S2. The van der Waals surface area contributed by atoms with Crippen LogP contribution in [-0.4, -0.2) is 104 Å². The molecule has 3 atom stereocenters. The van der Waals surface area contributed by atoms with Gasteiger partial charge in [0.05, 0.1) is 21.9 Å². The molecule has 3 fully saturated rings. The fourth-order valence-electron chi connectivity index (χ4n) is 14.9. The van der Waals surface area contributed by atoms with Crippen LogP contribution in [0.25, 0.3) is 0 Å². The number of nitrogens with two attached hydrogens (primary N) is 1. The van der Waals surface area contributed by atoms with E-state index in [-0.39, 0.29) is 75.3 Å². The summed E-state index contributed by atoms with van der Waals surface area (Å²) in [6, 6.07) is 43.2. The molecule has 6 aromatic rings. The van der Waals surface area contributed by atoms with Gasteiger partial charge in [-0.05, 0) is 230 Å². The molecule has 0 bridgehead atoms. The Balaban J connectivity index is 0.000000219. The van der Waals surface area contributed by atoms with Crippen molar-refractivity contribution in [1.82, 2.24) is 10.6 Å². The molecule has 0 radical (unpaired) electrons. The summed E-state index contributed by atoms with van der Waals surface area (Å²) < 4.78 is 60.5. The normalized spacial score (nSPS) is 19.4. The second-order valence-corrected chi connectivity index (χ2v) is 33.4. The highest BCUT2D eigenvalue weighted by Gasteiger charge is 2.51. The molecule has 95 heavy (non-hydrogen) atoms. The summed E-state index contributed by atoms with van der Waals surface area (Å²) in [5.74, 6) is 0. The number of halogens is 1. The van der Waals surface area contributed by atoms with Gasteiger partial charge in [-0.2, -0.15) is 0 Å². The standard InChI is InChI=1S/C26H34N2O4S.C25H31BrN2O2.C21H26N2O2S.CH2O2.3CH4/c1-18-14-20(16-21(15-18)33(5,30)31)28-12-10-26(11-13-28)17-19-8-6-7-9-22(19)23(26)27-24(29)32-25(2,3)4;1-17-13-19(26)15-20(14-17)28-11-9-25(10-12-28)16-18-7-5-6-8-21(18)22(25)27-23(29)30-24(2,3)4;1-15-11-17(13-18(12-15)26(2,24)25)23-9-7-21(8-10-23)14-16-5-3-4-6-19(16)20(21)22;2-1-3;;;/h6-9,14-16,23H,10-13,17H2,1-5H3,(H,27,29);5-8,13-15,22H,9-12,16H2,1-4H3,(H,27,29);3-6,11-13,20H,7-10,14,22H2,1-2H3;1H,(H,2,3);3*1H4/t23-;22-;20-;;;;/m111..../s1. The van der Waals surface area contributed by atoms with Crippen LogP contribution in [0.4, 0.5) is 26.7 Å². The quantitative estimate of drug-likeness (QED) is 0.109. The number of amides is 2. The van der Waals surface area contributed by atoms with Crippen molar-refractivity contribution in [1.29, 1.82) is 0 Å². The topological polar surface area (TPSA) is 218 Å². The van der Waals surface area contributed by atoms with Crippen molar-refractivity contribution in [2.24, 2.45) is 22.0 Å². The third kappa shape index (κ3) is 18.4. The summed E-state index contributed by atoms with van der Waals surface area (Å²) in [5, 5.41) is 13.3. The first kappa shape index (κ1) is 77.1. The van der Waals surface area contributed by atoms with Gasteiger partial charge in [0, 0.05) is 90.2 Å². The zero-order valence-corrected chi connectivity index (χ0v) is 58.5. The van der Waals surface area contributed by atoms with Gasteiger partial charge in [0.1, 0.15) is 11.2 Å². The molecular weight excluding hydrogens is 1300 g/mol. The first-order chi connectivity index (χ1) is 43.2. The number of anilines is 3. The summed E-state index contributed by atoms with van der Waals surface area (Å²) in [6.45, 7) is 22.5. The van der Waals surface area contributed by atoms with Gasteiger partial charge >= 0.3 is 12.2 Å². The summed E-state index contributed by atoms with van der Waals surface area (Å²) in [7, 11) is -6.47. The number of carbonyl (C=O) groups excluding carboxylic acids is 2. The van der Waals surface area contributed by atoms with Crippen molar-refractivity contribution in [2.75, 3.05) is 66.5 Å². The van der Waals surface area contributed by atoms with E-state index in [9.17, 15) is 26.4 Å². The van der Waals surface area contributed by atoms with Crippen LogP contribution in [0.1, 0.15) is 171 Å². The average molecular weight is 1410 g/mol. The molecule has 0 unspecified atom stereocenters. The number of fused-ring (bicyclic) bond motifs is 3. The highest BCUT2D eigenvalue weighted by Crippen LogP contribution is 2.55. The van der Waals surface area contributed by atoms with E-state index in [1.165, 1.54) is 57.1 Å². The molecule has 3 aliphatic carbocycles. The van der Waals surface area contributed by atoms with E-state index in [0.717, 1.165) is 124 Å². The minimum Gasteiger partial charge on any atom is -0.483 e. The smallest absolute Gasteiger partial charge is 0.408 e. The Kier molecular flexibility index (Phi) is 24.9. The van der Waals surface area contributed by atoms with Gasteiger partial charge < -0.3 is 45.6 Å². The Bertz CT molecular complexity index is 3880. The number of carboxylic acid groups (broad SMARTS) is 1. The number of benzene rings is 6. The Hall–Kier alpha value is -6.93. The molecule has 3 spiro atoms. The summed E-state index contributed by atoms with van der Waals surface area (Å²) in [6.07, 6.45) is 10.7. The fourth-order valence-corrected chi connectivity index (χ4v) is 17.0. The lowest BCUT2D eigenvalue weighted by molar-refractivity contribution is -0.122. The first-order valence-electron chi connectivity index (χ1n) is 31.9. The van der Waals surface area contributed by atoms with E-state index in [1.807, 2.05) is 73.6 Å². The van der Waals surface area contributed by atoms with Gasteiger partial charge in [-0.25, -0.2) is 26.4 Å². The van der Waals surface area contributed by atoms with Crippen LogP contribution in [0.5, 0.6) is 0 Å². The minimum absolute atomic E-state index is 0. The second kappa shape index (κ2) is 30.6. The van der Waals surface area contributed by atoms with Gasteiger partial charge in [0.25, 0.3) is 6.47 Å². The maximum absolute atomic E-state index is 12.7. The third-order valence-electron chi connectivity index (χ3n) is 19.3. The van der Waals surface area contributed by atoms with E-state index < -0.39 is 30.9 Å². The highest BCUT2D eigenvalue weighted by atomic mass is 79.9. The Labute approximate surface area is 576 Å². The van der Waals surface area contributed by atoms with Crippen molar-refractivity contribution in [3.05, 3.63) is 182 Å². The van der Waals surface area contributed by atoms with Gasteiger partial charge in [-0.1, -0.05) is 111 Å². The number of aryl methyl sites for hydroxylation is 3. The van der Waals surface area contributed by atoms with E-state index in [4.69, 9.17) is 25.1 Å². The Morgan fingerprint density at radius 2 is 0.811 bits per heavy atom. The Morgan fingerprint density at radius 1 is 0.516 bits per heavy atom. The molecule has 3 saturated heterocycles. The Morgan fingerprint density at radius 3 is 1.14 bits per heavy atom.